The van der Waals surface area contributed by atoms with Crippen molar-refractivity contribution in [1.82, 2.24) is 10.3 Å². The summed E-state index contributed by atoms with van der Waals surface area (Å²) in [6, 6.07) is 1.66. The molecule has 1 aromatic heterocycles. The van der Waals surface area contributed by atoms with E-state index < -0.39 is 12.2 Å². The van der Waals surface area contributed by atoms with Crippen molar-refractivity contribution in [3.63, 3.8) is 0 Å². The van der Waals surface area contributed by atoms with Crippen molar-refractivity contribution in [3.05, 3.63) is 22.3 Å². The molecule has 0 aliphatic rings. The van der Waals surface area contributed by atoms with Gasteiger partial charge in [-0.15, -0.1) is 0 Å². The highest BCUT2D eigenvalue weighted by atomic mass is 79.9. The Kier molecular flexibility index (Phi) is 5.14. The average Bonchev–Trinajstić information content (AvgIpc) is 2.28. The smallest absolute Gasteiger partial charge is 0.129 e. The van der Waals surface area contributed by atoms with Crippen LogP contribution in [0.25, 0.3) is 0 Å². The molecule has 0 saturated heterocycles. The summed E-state index contributed by atoms with van der Waals surface area (Å²) in [6.45, 7) is 0.625. The molecule has 0 bridgehead atoms. The van der Waals surface area contributed by atoms with E-state index in [2.05, 4.69) is 26.2 Å². The van der Waals surface area contributed by atoms with Crippen molar-refractivity contribution in [2.24, 2.45) is 0 Å². The number of pyridine rings is 1. The molecule has 5 N–H and O–H groups in total. The number of nitrogens with zero attached hydrogens (tertiary/aromatic N) is 1. The fraction of sp³-hybridized carbons (Fsp3) is 0.500. The largest absolute Gasteiger partial charge is 0.390 e. The van der Waals surface area contributed by atoms with Crippen molar-refractivity contribution in [2.75, 3.05) is 19.3 Å². The Labute approximate surface area is 103 Å². The van der Waals surface area contributed by atoms with Crippen LogP contribution < -0.4 is 11.1 Å². The van der Waals surface area contributed by atoms with Gasteiger partial charge in [0.25, 0.3) is 0 Å². The Bertz CT molecular complexity index is 349. The molecular weight excluding hydrogens is 274 g/mol. The lowest BCUT2D eigenvalue weighted by atomic mass is 10.0. The van der Waals surface area contributed by atoms with Crippen LogP contribution in [0, 0.1) is 0 Å². The number of hydrogen-bond acceptors (Lipinski definition) is 5. The number of aliphatic hydroxyl groups excluding tert-OH is 2. The second-order valence-electron chi connectivity index (χ2n) is 3.53. The maximum atomic E-state index is 9.90. The van der Waals surface area contributed by atoms with Crippen molar-refractivity contribution in [2.45, 2.75) is 18.6 Å². The molecular formula is C10H16BrN3O2. The Hall–Kier alpha value is -0.690. The number of aliphatic hydroxyl groups is 2. The zero-order valence-electron chi connectivity index (χ0n) is 9.02. The molecule has 2 atom stereocenters. The minimum Gasteiger partial charge on any atom is -0.390 e. The molecule has 0 aliphatic heterocycles. The van der Waals surface area contributed by atoms with E-state index in [4.69, 9.17) is 5.73 Å². The molecule has 6 heteroatoms. The van der Waals surface area contributed by atoms with E-state index in [1.807, 2.05) is 0 Å². The molecule has 0 radical (unpaired) electrons. The fourth-order valence-electron chi connectivity index (χ4n) is 1.36. The predicted molar refractivity (Wildman–Crippen MR) is 65.9 cm³/mol. The van der Waals surface area contributed by atoms with E-state index in [0.717, 1.165) is 4.47 Å². The highest BCUT2D eigenvalue weighted by Crippen LogP contribution is 2.25. The molecule has 1 aromatic rings. The number of halogens is 1. The summed E-state index contributed by atoms with van der Waals surface area (Å²) < 4.78 is 0.719. The summed E-state index contributed by atoms with van der Waals surface area (Å²) >= 11 is 3.24. The van der Waals surface area contributed by atoms with Gasteiger partial charge < -0.3 is 21.3 Å². The first-order valence-corrected chi connectivity index (χ1v) is 5.77. The van der Waals surface area contributed by atoms with Crippen LogP contribution in [0.4, 0.5) is 5.82 Å². The number of nitrogens with one attached hydrogen (secondary N) is 1. The van der Waals surface area contributed by atoms with Gasteiger partial charge in [0.15, 0.2) is 0 Å². The van der Waals surface area contributed by atoms with Gasteiger partial charge in [0.1, 0.15) is 11.9 Å². The molecule has 5 nitrogen and oxygen atoms in total. The van der Waals surface area contributed by atoms with Crippen LogP contribution in [0.3, 0.4) is 0 Å². The zero-order valence-corrected chi connectivity index (χ0v) is 10.6. The number of nitrogens with two attached hydrogens (primary N) is 1. The van der Waals surface area contributed by atoms with Gasteiger partial charge >= 0.3 is 0 Å². The molecule has 16 heavy (non-hydrogen) atoms. The molecule has 0 aromatic carbocycles. The molecule has 1 rings (SSSR count). The van der Waals surface area contributed by atoms with Crippen molar-refractivity contribution in [1.29, 1.82) is 0 Å². The summed E-state index contributed by atoms with van der Waals surface area (Å²) in [5, 5.41) is 22.5. The lowest BCUT2D eigenvalue weighted by Crippen LogP contribution is -2.24. The van der Waals surface area contributed by atoms with Gasteiger partial charge in [-0.3, -0.25) is 0 Å². The molecule has 0 amide bonds. The van der Waals surface area contributed by atoms with Crippen LogP contribution in [0.5, 0.6) is 0 Å². The van der Waals surface area contributed by atoms with Crippen LogP contribution in [0.15, 0.2) is 16.7 Å². The first kappa shape index (κ1) is 13.4. The van der Waals surface area contributed by atoms with Gasteiger partial charge in [-0.05, 0) is 42.0 Å². The minimum absolute atomic E-state index is 0.235. The van der Waals surface area contributed by atoms with Gasteiger partial charge in [-0.1, -0.05) is 0 Å². The van der Waals surface area contributed by atoms with Crippen LogP contribution in [-0.4, -0.2) is 34.9 Å². The lowest BCUT2D eigenvalue weighted by Gasteiger charge is -2.19. The summed E-state index contributed by atoms with van der Waals surface area (Å²) in [5.74, 6) is 0.235. The standard InChI is InChI=1S/C10H16BrN3O2/c1-13-3-2-8(15)9(16)7-4-6(11)5-14-10(7)12/h4-5,8-9,13,15-16H,2-3H2,1H3,(H2,12,14). The number of hydrogen-bond donors (Lipinski definition) is 4. The Morgan fingerprint density at radius 1 is 1.56 bits per heavy atom. The first-order chi connectivity index (χ1) is 7.56. The second-order valence-corrected chi connectivity index (χ2v) is 4.45. The van der Waals surface area contributed by atoms with Gasteiger partial charge in [-0.2, -0.15) is 0 Å². The molecule has 90 valence electrons. The summed E-state index contributed by atoms with van der Waals surface area (Å²) in [4.78, 5) is 3.91. The van der Waals surface area contributed by atoms with Gasteiger partial charge in [0.05, 0.1) is 6.10 Å². The molecule has 0 spiro atoms. The third kappa shape index (κ3) is 3.41. The van der Waals surface area contributed by atoms with Crippen LogP contribution in [0.2, 0.25) is 0 Å². The third-order valence-electron chi connectivity index (χ3n) is 2.29. The Morgan fingerprint density at radius 2 is 2.25 bits per heavy atom. The third-order valence-corrected chi connectivity index (χ3v) is 2.72. The predicted octanol–water partition coefficient (Wildman–Crippen LogP) is 0.430. The molecule has 0 saturated carbocycles. The fourth-order valence-corrected chi connectivity index (χ4v) is 1.71. The van der Waals surface area contributed by atoms with E-state index in [1.165, 1.54) is 0 Å². The van der Waals surface area contributed by atoms with Crippen molar-refractivity contribution >= 4 is 21.7 Å². The van der Waals surface area contributed by atoms with E-state index in [9.17, 15) is 10.2 Å². The quantitative estimate of drug-likeness (QED) is 0.631. The minimum atomic E-state index is -1.02. The lowest BCUT2D eigenvalue weighted by molar-refractivity contribution is 0.0143. The Morgan fingerprint density at radius 3 is 2.88 bits per heavy atom. The van der Waals surface area contributed by atoms with Crippen LogP contribution >= 0.6 is 15.9 Å². The normalized spacial score (nSPS) is 14.8. The SMILES string of the molecule is CNCCC(O)C(O)c1cc(Br)cnc1N. The molecule has 0 fully saturated rings. The van der Waals surface area contributed by atoms with Crippen LogP contribution in [0.1, 0.15) is 18.1 Å². The first-order valence-electron chi connectivity index (χ1n) is 4.98. The maximum absolute atomic E-state index is 9.90. The highest BCUT2D eigenvalue weighted by molar-refractivity contribution is 9.10. The van der Waals surface area contributed by atoms with Gasteiger partial charge in [0, 0.05) is 16.2 Å². The number of rotatable bonds is 5. The van der Waals surface area contributed by atoms with E-state index in [1.54, 1.807) is 19.3 Å². The number of nitrogen functional groups attached to an aromatic ring is 1. The van der Waals surface area contributed by atoms with E-state index >= 15 is 0 Å². The Balaban J connectivity index is 2.78. The average molecular weight is 290 g/mol. The second kappa shape index (κ2) is 6.15. The van der Waals surface area contributed by atoms with Gasteiger partial charge in [0.2, 0.25) is 0 Å². The highest BCUT2D eigenvalue weighted by Gasteiger charge is 2.20. The number of anilines is 1. The molecule has 1 heterocycles. The topological polar surface area (TPSA) is 91.4 Å². The van der Waals surface area contributed by atoms with E-state index in [0.29, 0.717) is 18.5 Å². The van der Waals surface area contributed by atoms with Crippen LogP contribution in [-0.2, 0) is 0 Å². The number of aromatic nitrogens is 1. The zero-order chi connectivity index (χ0) is 12.1. The molecule has 0 aliphatic carbocycles. The monoisotopic (exact) mass is 289 g/mol. The maximum Gasteiger partial charge on any atom is 0.129 e. The van der Waals surface area contributed by atoms with Crippen molar-refractivity contribution in [3.8, 4) is 0 Å². The van der Waals surface area contributed by atoms with Crippen molar-refractivity contribution < 1.29 is 10.2 Å². The summed E-state index contributed by atoms with van der Waals surface area (Å²) in [7, 11) is 1.79. The summed E-state index contributed by atoms with van der Waals surface area (Å²) in [6.07, 6.45) is 0.124. The van der Waals surface area contributed by atoms with Gasteiger partial charge in [-0.25, -0.2) is 4.98 Å². The molecule has 2 unspecified atom stereocenters. The summed E-state index contributed by atoms with van der Waals surface area (Å²) in [5.41, 5.74) is 6.08. The van der Waals surface area contributed by atoms with E-state index in [-0.39, 0.29) is 5.82 Å².